The van der Waals surface area contributed by atoms with Gasteiger partial charge in [0.25, 0.3) is 0 Å². The summed E-state index contributed by atoms with van der Waals surface area (Å²) in [4.78, 5) is 19.5. The summed E-state index contributed by atoms with van der Waals surface area (Å²) < 4.78 is 5.48. The number of aromatic nitrogens is 2. The second kappa shape index (κ2) is 7.78. The molecule has 0 saturated carbocycles. The number of nitrogens with two attached hydrogens (primary N) is 2. The Balaban J connectivity index is 1.87. The molecule has 2 aromatic rings. The summed E-state index contributed by atoms with van der Waals surface area (Å²) in [6.45, 7) is 5.97. The highest BCUT2D eigenvalue weighted by molar-refractivity contribution is 5.77. The molecule has 3 heterocycles. The Labute approximate surface area is 163 Å². The van der Waals surface area contributed by atoms with Gasteiger partial charge in [0.1, 0.15) is 17.6 Å². The van der Waals surface area contributed by atoms with E-state index < -0.39 is 0 Å². The van der Waals surface area contributed by atoms with Gasteiger partial charge in [0.2, 0.25) is 5.82 Å². The molecule has 5 N–H and O–H groups in total. The summed E-state index contributed by atoms with van der Waals surface area (Å²) in [5.74, 6) is 0.414. The molecule has 3 rings (SSSR count). The van der Waals surface area contributed by atoms with Crippen molar-refractivity contribution in [2.75, 3.05) is 36.5 Å². The number of hydrogen-bond acceptors (Lipinski definition) is 9. The second-order valence-corrected chi connectivity index (χ2v) is 7.37. The van der Waals surface area contributed by atoms with Crippen LogP contribution in [-0.2, 0) is 11.2 Å². The first-order valence-corrected chi connectivity index (χ1v) is 8.96. The molecule has 0 spiro atoms. The lowest BCUT2D eigenvalue weighted by molar-refractivity contribution is 0.164. The fourth-order valence-electron chi connectivity index (χ4n) is 3.21. The predicted octanol–water partition coefficient (Wildman–Crippen LogP) is 2.65. The van der Waals surface area contributed by atoms with Crippen molar-refractivity contribution >= 4 is 23.0 Å². The zero-order valence-corrected chi connectivity index (χ0v) is 16.0. The topological polar surface area (TPSA) is 152 Å². The largest absolute Gasteiger partial charge is 0.397 e. The number of ether oxygens (including phenoxy) is 1. The van der Waals surface area contributed by atoms with E-state index in [2.05, 4.69) is 33.5 Å². The molecule has 28 heavy (non-hydrogen) atoms. The Bertz CT molecular complexity index is 946. The number of aryl methyl sites for hydroxylation is 1. The van der Waals surface area contributed by atoms with Gasteiger partial charge in [-0.05, 0) is 30.7 Å². The highest BCUT2D eigenvalue weighted by atomic mass is 16.5. The maximum absolute atomic E-state index is 10.8. The molecule has 9 heteroatoms. The van der Waals surface area contributed by atoms with Gasteiger partial charge in [0.05, 0.1) is 17.9 Å². The fraction of sp³-hybridized carbons (Fsp3) is 0.421. The number of rotatable bonds is 6. The molecule has 1 saturated heterocycles. The Kier molecular flexibility index (Phi) is 5.42. The molecule has 1 aliphatic heterocycles. The van der Waals surface area contributed by atoms with Crippen molar-refractivity contribution in [1.29, 1.82) is 5.26 Å². The number of nitrogen functional groups attached to an aromatic ring is 2. The SMILES string of the molecule is Cc1nc(N=O)c(N)c(N)c1Cc1ccc(C#N)c(NCC2(C)CCOC2)n1. The Morgan fingerprint density at radius 3 is 2.79 bits per heavy atom. The first-order chi connectivity index (χ1) is 13.4. The van der Waals surface area contributed by atoms with E-state index in [0.29, 0.717) is 47.9 Å². The van der Waals surface area contributed by atoms with E-state index in [-0.39, 0.29) is 22.6 Å². The van der Waals surface area contributed by atoms with E-state index in [9.17, 15) is 10.2 Å². The van der Waals surface area contributed by atoms with Crippen molar-refractivity contribution in [2.24, 2.45) is 10.6 Å². The summed E-state index contributed by atoms with van der Waals surface area (Å²) in [6, 6.07) is 5.65. The molecule has 0 aromatic carbocycles. The molecular formula is C19H23N7O2. The second-order valence-electron chi connectivity index (χ2n) is 7.37. The number of nitriles is 1. The summed E-state index contributed by atoms with van der Waals surface area (Å²) in [7, 11) is 0. The van der Waals surface area contributed by atoms with Crippen LogP contribution >= 0.6 is 0 Å². The number of nitrogens with one attached hydrogen (secondary N) is 1. The molecule has 0 radical (unpaired) electrons. The highest BCUT2D eigenvalue weighted by Gasteiger charge is 2.29. The minimum atomic E-state index is -0.110. The molecule has 146 valence electrons. The Morgan fingerprint density at radius 2 is 2.14 bits per heavy atom. The Morgan fingerprint density at radius 1 is 1.36 bits per heavy atom. The quantitative estimate of drug-likeness (QED) is 0.646. The molecule has 2 aromatic heterocycles. The van der Waals surface area contributed by atoms with Gasteiger partial charge in [0.15, 0.2) is 0 Å². The number of hydrogen-bond donors (Lipinski definition) is 3. The van der Waals surface area contributed by atoms with Crippen molar-refractivity contribution in [3.05, 3.63) is 39.6 Å². The molecule has 1 aliphatic rings. The maximum Gasteiger partial charge on any atom is 0.222 e. The third-order valence-electron chi connectivity index (χ3n) is 5.07. The summed E-state index contributed by atoms with van der Waals surface area (Å²) >= 11 is 0. The van der Waals surface area contributed by atoms with E-state index in [4.69, 9.17) is 16.2 Å². The lowest BCUT2D eigenvalue weighted by Crippen LogP contribution is -2.27. The van der Waals surface area contributed by atoms with E-state index in [1.807, 2.05) is 0 Å². The summed E-state index contributed by atoms with van der Waals surface area (Å²) in [5.41, 5.74) is 14.7. The number of nitroso groups, excluding NO2 is 1. The average molecular weight is 381 g/mol. The first-order valence-electron chi connectivity index (χ1n) is 8.96. The fourth-order valence-corrected chi connectivity index (χ4v) is 3.21. The van der Waals surface area contributed by atoms with Gasteiger partial charge >= 0.3 is 0 Å². The molecule has 1 fully saturated rings. The van der Waals surface area contributed by atoms with E-state index in [1.165, 1.54) is 0 Å². The zero-order valence-electron chi connectivity index (χ0n) is 16.0. The van der Waals surface area contributed by atoms with E-state index in [1.54, 1.807) is 19.1 Å². The van der Waals surface area contributed by atoms with Crippen LogP contribution in [0.4, 0.5) is 23.0 Å². The average Bonchev–Trinajstić information content (AvgIpc) is 3.13. The van der Waals surface area contributed by atoms with Crippen LogP contribution in [0, 0.1) is 28.6 Å². The van der Waals surface area contributed by atoms with Crippen LogP contribution in [0.15, 0.2) is 17.3 Å². The molecule has 0 amide bonds. The van der Waals surface area contributed by atoms with Crippen LogP contribution in [0.2, 0.25) is 0 Å². The highest BCUT2D eigenvalue weighted by Crippen LogP contribution is 2.32. The van der Waals surface area contributed by atoms with Gasteiger partial charge in [-0.25, -0.2) is 9.97 Å². The van der Waals surface area contributed by atoms with Gasteiger partial charge in [-0.3, -0.25) is 0 Å². The van der Waals surface area contributed by atoms with Crippen LogP contribution in [0.25, 0.3) is 0 Å². The normalized spacial score (nSPS) is 18.6. The van der Waals surface area contributed by atoms with Crippen molar-refractivity contribution in [1.82, 2.24) is 9.97 Å². The molecule has 1 atom stereocenters. The van der Waals surface area contributed by atoms with Crippen LogP contribution in [0.3, 0.4) is 0 Å². The lowest BCUT2D eigenvalue weighted by Gasteiger charge is -2.22. The third kappa shape index (κ3) is 3.87. The molecule has 0 bridgehead atoms. The van der Waals surface area contributed by atoms with Crippen LogP contribution in [-0.4, -0.2) is 29.7 Å². The lowest BCUT2D eigenvalue weighted by atomic mass is 9.90. The molecule has 0 aliphatic carbocycles. The molecule has 1 unspecified atom stereocenters. The standard InChI is InChI=1S/C19H23N7O2/c1-11-14(15(21)16(22)18(24-11)26-27)7-13-4-3-12(8-20)17(25-13)23-9-19(2)5-6-28-10-19/h3-4H,5-7,9-10,22H2,1-2H3,(H2,21,24)(H,23,25). The smallest absolute Gasteiger partial charge is 0.222 e. The van der Waals surface area contributed by atoms with Gasteiger partial charge in [-0.2, -0.15) is 5.26 Å². The minimum absolute atomic E-state index is 0.0153. The maximum atomic E-state index is 10.8. The molecular weight excluding hydrogens is 358 g/mol. The molecule has 9 nitrogen and oxygen atoms in total. The van der Waals surface area contributed by atoms with Crippen molar-refractivity contribution < 1.29 is 4.74 Å². The van der Waals surface area contributed by atoms with Gasteiger partial charge in [0, 0.05) is 41.9 Å². The number of pyridine rings is 2. The monoisotopic (exact) mass is 381 g/mol. The van der Waals surface area contributed by atoms with Gasteiger partial charge < -0.3 is 21.5 Å². The van der Waals surface area contributed by atoms with Gasteiger partial charge in [-0.15, -0.1) is 4.91 Å². The zero-order chi connectivity index (χ0) is 20.3. The van der Waals surface area contributed by atoms with E-state index >= 15 is 0 Å². The Hall–Kier alpha value is -3.25. The number of nitrogens with zero attached hydrogens (tertiary/aromatic N) is 4. The summed E-state index contributed by atoms with van der Waals surface area (Å²) in [5, 5.41) is 15.5. The number of anilines is 3. The minimum Gasteiger partial charge on any atom is -0.397 e. The van der Waals surface area contributed by atoms with Crippen LogP contribution < -0.4 is 16.8 Å². The predicted molar refractivity (Wildman–Crippen MR) is 107 cm³/mol. The van der Waals surface area contributed by atoms with Crippen molar-refractivity contribution in [3.8, 4) is 6.07 Å². The van der Waals surface area contributed by atoms with Crippen molar-refractivity contribution in [2.45, 2.75) is 26.7 Å². The third-order valence-corrected chi connectivity index (χ3v) is 5.07. The van der Waals surface area contributed by atoms with E-state index in [0.717, 1.165) is 13.0 Å². The van der Waals surface area contributed by atoms with Crippen LogP contribution in [0.5, 0.6) is 0 Å². The van der Waals surface area contributed by atoms with Crippen LogP contribution in [0.1, 0.15) is 35.9 Å². The van der Waals surface area contributed by atoms with Crippen molar-refractivity contribution in [3.63, 3.8) is 0 Å². The summed E-state index contributed by atoms with van der Waals surface area (Å²) in [6.07, 6.45) is 1.33. The first kappa shape index (κ1) is 19.5. The van der Waals surface area contributed by atoms with Gasteiger partial charge in [-0.1, -0.05) is 6.92 Å².